The molecule has 6 nitrogen and oxygen atoms in total. The Kier molecular flexibility index (Phi) is 6.59. The lowest BCUT2D eigenvalue weighted by molar-refractivity contribution is -0.140. The van der Waals surface area contributed by atoms with Crippen molar-refractivity contribution in [2.45, 2.75) is 24.0 Å². The van der Waals surface area contributed by atoms with Crippen LogP contribution in [0, 0.1) is 0 Å². The zero-order valence-corrected chi connectivity index (χ0v) is 21.2. The molecule has 1 atom stereocenters. The van der Waals surface area contributed by atoms with Gasteiger partial charge in [0.25, 0.3) is 5.56 Å². The van der Waals surface area contributed by atoms with E-state index in [2.05, 4.69) is 47.4 Å². The molecule has 2 aliphatic rings. The van der Waals surface area contributed by atoms with Crippen molar-refractivity contribution < 1.29 is 14.6 Å². The fourth-order valence-corrected chi connectivity index (χ4v) is 6.83. The lowest BCUT2D eigenvalue weighted by atomic mass is 9.90. The molecule has 1 saturated heterocycles. The fraction of sp³-hybridized carbons (Fsp3) is 0.267. The second kappa shape index (κ2) is 10.2. The van der Waals surface area contributed by atoms with E-state index in [-0.39, 0.29) is 5.56 Å². The number of benzene rings is 3. The Morgan fingerprint density at radius 2 is 1.68 bits per heavy atom. The summed E-state index contributed by atoms with van der Waals surface area (Å²) in [6, 6.07) is 23.8. The molecule has 1 N–H and O–H groups in total. The minimum absolute atomic E-state index is 0.186. The van der Waals surface area contributed by atoms with Crippen LogP contribution in [0.4, 0.5) is 0 Å². The molecule has 3 aromatic carbocycles. The summed E-state index contributed by atoms with van der Waals surface area (Å²) in [7, 11) is 0. The van der Waals surface area contributed by atoms with Gasteiger partial charge in [0.2, 0.25) is 0 Å². The van der Waals surface area contributed by atoms with E-state index >= 15 is 0 Å². The average Bonchev–Trinajstić information content (AvgIpc) is 3.38. The van der Waals surface area contributed by atoms with Gasteiger partial charge in [0.1, 0.15) is 6.04 Å². The molecule has 1 unspecified atom stereocenters. The molecule has 0 aliphatic carbocycles. The molecule has 1 fully saturated rings. The highest BCUT2D eigenvalue weighted by atomic mass is 32.2. The number of ether oxygens (including phenoxy) is 1. The number of carboxylic acids is 1. The number of hydrogen-bond donors (Lipinski definition) is 1. The van der Waals surface area contributed by atoms with E-state index in [1.54, 1.807) is 0 Å². The second-order valence-corrected chi connectivity index (χ2v) is 10.6. The molecule has 1 aromatic heterocycles. The summed E-state index contributed by atoms with van der Waals surface area (Å²) in [4.78, 5) is 28.6. The number of hydrogen-bond acceptors (Lipinski definition) is 5. The van der Waals surface area contributed by atoms with Gasteiger partial charge in [-0.05, 0) is 33.9 Å². The van der Waals surface area contributed by atoms with E-state index in [1.807, 2.05) is 30.3 Å². The molecule has 37 heavy (non-hydrogen) atoms. The van der Waals surface area contributed by atoms with Gasteiger partial charge in [-0.15, -0.1) is 11.8 Å². The van der Waals surface area contributed by atoms with E-state index in [4.69, 9.17) is 4.74 Å². The first-order valence-corrected chi connectivity index (χ1v) is 13.6. The first-order chi connectivity index (χ1) is 18.1. The van der Waals surface area contributed by atoms with Crippen LogP contribution in [0.15, 0.2) is 82.6 Å². The number of carbonyl (C=O) groups is 1. The maximum atomic E-state index is 14.1. The molecule has 188 valence electrons. The first-order valence-electron chi connectivity index (χ1n) is 12.6. The van der Waals surface area contributed by atoms with Crippen molar-refractivity contribution in [1.82, 2.24) is 9.47 Å². The van der Waals surface area contributed by atoms with Crippen LogP contribution in [-0.2, 0) is 22.5 Å². The van der Waals surface area contributed by atoms with E-state index in [0.717, 1.165) is 51.1 Å². The van der Waals surface area contributed by atoms with Crippen LogP contribution in [0.25, 0.3) is 21.9 Å². The van der Waals surface area contributed by atoms with Crippen molar-refractivity contribution in [3.8, 4) is 11.1 Å². The van der Waals surface area contributed by atoms with Crippen LogP contribution in [-0.4, -0.2) is 52.6 Å². The number of nitrogens with zero attached hydrogens (tertiary/aromatic N) is 2. The maximum Gasteiger partial charge on any atom is 0.327 e. The standard InChI is InChI=1S/C30H28N2O4S/c33-28-25(18-31-13-15-36-16-14-31)24(17-22-11-6-10-20-7-4-5-12-23(20)22)27(21-8-2-1-3-9-21)29-32(28)26(19-37-29)30(34)35/h1-12,26H,13-19H2,(H,34,35). The third-order valence-electron chi connectivity index (χ3n) is 7.35. The van der Waals surface area contributed by atoms with Gasteiger partial charge >= 0.3 is 5.97 Å². The molecule has 3 heterocycles. The largest absolute Gasteiger partial charge is 0.480 e. The highest BCUT2D eigenvalue weighted by Crippen LogP contribution is 2.43. The Labute approximate surface area is 219 Å². The van der Waals surface area contributed by atoms with E-state index in [1.165, 1.54) is 16.3 Å². The summed E-state index contributed by atoms with van der Waals surface area (Å²) in [5.41, 5.74) is 4.62. The first kappa shape index (κ1) is 24.0. The highest BCUT2D eigenvalue weighted by molar-refractivity contribution is 7.99. The third kappa shape index (κ3) is 4.48. The fourth-order valence-electron chi connectivity index (χ4n) is 5.49. The van der Waals surface area contributed by atoms with Crippen LogP contribution in [0.5, 0.6) is 0 Å². The van der Waals surface area contributed by atoms with Crippen molar-refractivity contribution in [3.63, 3.8) is 0 Å². The summed E-state index contributed by atoms with van der Waals surface area (Å²) in [5.74, 6) is -0.620. The molecular weight excluding hydrogens is 484 g/mol. The van der Waals surface area contributed by atoms with Crippen LogP contribution in [0.3, 0.4) is 0 Å². The van der Waals surface area contributed by atoms with Crippen LogP contribution >= 0.6 is 11.8 Å². The number of thioether (sulfide) groups is 1. The number of pyridine rings is 1. The van der Waals surface area contributed by atoms with Crippen LogP contribution in [0.2, 0.25) is 0 Å². The topological polar surface area (TPSA) is 71.8 Å². The van der Waals surface area contributed by atoms with E-state index < -0.39 is 12.0 Å². The minimum atomic E-state index is -0.966. The van der Waals surface area contributed by atoms with Gasteiger partial charge in [0, 0.05) is 36.5 Å². The van der Waals surface area contributed by atoms with Gasteiger partial charge in [0.05, 0.1) is 18.2 Å². The average molecular weight is 513 g/mol. The Morgan fingerprint density at radius 1 is 0.946 bits per heavy atom. The Hall–Kier alpha value is -3.39. The predicted octanol–water partition coefficient (Wildman–Crippen LogP) is 4.82. The Bertz CT molecular complexity index is 1520. The maximum absolute atomic E-state index is 14.1. The van der Waals surface area contributed by atoms with Crippen molar-refractivity contribution in [3.05, 3.63) is 99.8 Å². The van der Waals surface area contributed by atoms with Crippen molar-refractivity contribution >= 4 is 28.5 Å². The molecule has 0 saturated carbocycles. The second-order valence-electron chi connectivity index (χ2n) is 9.55. The smallest absolute Gasteiger partial charge is 0.327 e. The van der Waals surface area contributed by atoms with Gasteiger partial charge in [-0.1, -0.05) is 72.8 Å². The van der Waals surface area contributed by atoms with E-state index in [9.17, 15) is 14.7 Å². The Balaban J connectivity index is 1.62. The number of aliphatic carboxylic acids is 1. The molecular formula is C30H28N2O4S. The van der Waals surface area contributed by atoms with Gasteiger partial charge in [0.15, 0.2) is 0 Å². The third-order valence-corrected chi connectivity index (χ3v) is 8.50. The molecule has 0 bridgehead atoms. The molecule has 0 amide bonds. The quantitative estimate of drug-likeness (QED) is 0.399. The predicted molar refractivity (Wildman–Crippen MR) is 146 cm³/mol. The van der Waals surface area contributed by atoms with Crippen molar-refractivity contribution in [2.75, 3.05) is 32.1 Å². The van der Waals surface area contributed by atoms with E-state index in [0.29, 0.717) is 37.5 Å². The number of rotatable bonds is 6. The van der Waals surface area contributed by atoms with Crippen LogP contribution in [0.1, 0.15) is 22.7 Å². The SMILES string of the molecule is O=C(O)C1CSc2c(-c3ccccc3)c(Cc3cccc4ccccc34)c(CN3CCOCC3)c(=O)n21. The minimum Gasteiger partial charge on any atom is -0.480 e. The number of fused-ring (bicyclic) bond motifs is 2. The van der Waals surface area contributed by atoms with Crippen molar-refractivity contribution in [2.24, 2.45) is 0 Å². The van der Waals surface area contributed by atoms with Gasteiger partial charge in [-0.3, -0.25) is 14.3 Å². The monoisotopic (exact) mass is 512 g/mol. The lowest BCUT2D eigenvalue weighted by Crippen LogP contribution is -2.39. The molecule has 0 spiro atoms. The number of aromatic nitrogens is 1. The zero-order chi connectivity index (χ0) is 25.4. The van der Waals surface area contributed by atoms with Crippen LogP contribution < -0.4 is 5.56 Å². The number of carboxylic acid groups (broad SMARTS) is 1. The molecule has 4 aromatic rings. The Morgan fingerprint density at radius 3 is 2.46 bits per heavy atom. The molecule has 0 radical (unpaired) electrons. The van der Waals surface area contributed by atoms with Crippen molar-refractivity contribution in [1.29, 1.82) is 0 Å². The normalized spacial score (nSPS) is 17.7. The summed E-state index contributed by atoms with van der Waals surface area (Å²) in [6.07, 6.45) is 0.590. The highest BCUT2D eigenvalue weighted by Gasteiger charge is 2.35. The zero-order valence-electron chi connectivity index (χ0n) is 20.4. The van der Waals surface area contributed by atoms with Gasteiger partial charge in [-0.2, -0.15) is 0 Å². The molecule has 2 aliphatic heterocycles. The molecule has 6 rings (SSSR count). The van der Waals surface area contributed by atoms with Gasteiger partial charge in [-0.25, -0.2) is 4.79 Å². The summed E-state index contributed by atoms with van der Waals surface area (Å²) in [5, 5.41) is 13.1. The summed E-state index contributed by atoms with van der Waals surface area (Å²) in [6.45, 7) is 3.22. The number of morpholine rings is 1. The van der Waals surface area contributed by atoms with Gasteiger partial charge < -0.3 is 9.84 Å². The summed E-state index contributed by atoms with van der Waals surface area (Å²) >= 11 is 1.47. The summed E-state index contributed by atoms with van der Waals surface area (Å²) < 4.78 is 7.09. The molecule has 7 heteroatoms. The lowest BCUT2D eigenvalue weighted by Gasteiger charge is -2.29.